The highest BCUT2D eigenvalue weighted by Crippen LogP contribution is 2.41. The van der Waals surface area contributed by atoms with E-state index in [4.69, 9.17) is 14.2 Å². The van der Waals surface area contributed by atoms with E-state index in [9.17, 15) is 4.79 Å². The lowest BCUT2D eigenvalue weighted by atomic mass is 9.93. The van der Waals surface area contributed by atoms with Gasteiger partial charge in [0.25, 0.3) is 0 Å². The SMILES string of the molecule is COc1cc(OC)c2c(c1)OCC(=O)C2C. The number of fused-ring (bicyclic) bond motifs is 1. The summed E-state index contributed by atoms with van der Waals surface area (Å²) < 4.78 is 15.8. The zero-order valence-electron chi connectivity index (χ0n) is 9.57. The lowest BCUT2D eigenvalue weighted by molar-refractivity contribution is -0.123. The van der Waals surface area contributed by atoms with E-state index in [-0.39, 0.29) is 18.3 Å². The molecule has 16 heavy (non-hydrogen) atoms. The molecule has 0 bridgehead atoms. The highest BCUT2D eigenvalue weighted by Gasteiger charge is 2.29. The van der Waals surface area contributed by atoms with Gasteiger partial charge in [0.2, 0.25) is 0 Å². The number of rotatable bonds is 2. The molecule has 2 rings (SSSR count). The van der Waals surface area contributed by atoms with Gasteiger partial charge < -0.3 is 14.2 Å². The van der Waals surface area contributed by atoms with E-state index >= 15 is 0 Å². The van der Waals surface area contributed by atoms with Gasteiger partial charge in [-0.1, -0.05) is 6.92 Å². The number of ketones is 1. The van der Waals surface area contributed by atoms with Gasteiger partial charge in [0.1, 0.15) is 23.9 Å². The maximum Gasteiger partial charge on any atom is 0.177 e. The summed E-state index contributed by atoms with van der Waals surface area (Å²) in [4.78, 5) is 11.6. The van der Waals surface area contributed by atoms with E-state index in [0.717, 1.165) is 5.56 Å². The van der Waals surface area contributed by atoms with Crippen molar-refractivity contribution in [2.45, 2.75) is 12.8 Å². The number of hydrogen-bond acceptors (Lipinski definition) is 4. The monoisotopic (exact) mass is 222 g/mol. The second-order valence-corrected chi connectivity index (χ2v) is 3.72. The quantitative estimate of drug-likeness (QED) is 0.765. The number of carbonyl (C=O) groups excluding carboxylic acids is 1. The molecule has 0 amide bonds. The van der Waals surface area contributed by atoms with Gasteiger partial charge in [-0.15, -0.1) is 0 Å². The van der Waals surface area contributed by atoms with E-state index in [1.165, 1.54) is 0 Å². The Kier molecular flexibility index (Phi) is 2.73. The lowest BCUT2D eigenvalue weighted by Gasteiger charge is -2.24. The van der Waals surface area contributed by atoms with Gasteiger partial charge in [-0.2, -0.15) is 0 Å². The number of benzene rings is 1. The van der Waals surface area contributed by atoms with Crippen LogP contribution in [0.3, 0.4) is 0 Å². The molecule has 0 N–H and O–H groups in total. The molecule has 0 fully saturated rings. The van der Waals surface area contributed by atoms with Gasteiger partial charge >= 0.3 is 0 Å². The molecule has 1 aliphatic heterocycles. The van der Waals surface area contributed by atoms with Crippen molar-refractivity contribution in [3.8, 4) is 17.2 Å². The van der Waals surface area contributed by atoms with E-state index in [1.54, 1.807) is 26.4 Å². The van der Waals surface area contributed by atoms with Gasteiger partial charge in [0.05, 0.1) is 20.1 Å². The molecule has 1 aromatic carbocycles. The Bertz CT molecular complexity index is 408. The Labute approximate surface area is 94.1 Å². The summed E-state index contributed by atoms with van der Waals surface area (Å²) >= 11 is 0. The molecule has 1 atom stereocenters. The largest absolute Gasteiger partial charge is 0.496 e. The van der Waals surface area contributed by atoms with Crippen LogP contribution in [0.4, 0.5) is 0 Å². The van der Waals surface area contributed by atoms with Crippen molar-refractivity contribution in [3.63, 3.8) is 0 Å². The summed E-state index contributed by atoms with van der Waals surface area (Å²) in [5, 5.41) is 0. The molecule has 1 unspecified atom stereocenters. The molecule has 0 aromatic heterocycles. The minimum atomic E-state index is -0.190. The van der Waals surface area contributed by atoms with Crippen molar-refractivity contribution < 1.29 is 19.0 Å². The van der Waals surface area contributed by atoms with Crippen molar-refractivity contribution in [2.24, 2.45) is 0 Å². The molecule has 0 radical (unpaired) electrons. The van der Waals surface area contributed by atoms with E-state index in [2.05, 4.69) is 0 Å². The molecular formula is C12H14O4. The van der Waals surface area contributed by atoms with Gasteiger partial charge in [-0.3, -0.25) is 4.79 Å². The van der Waals surface area contributed by atoms with Crippen LogP contribution in [0.25, 0.3) is 0 Å². The summed E-state index contributed by atoms with van der Waals surface area (Å²) in [5.41, 5.74) is 0.805. The van der Waals surface area contributed by atoms with Gasteiger partial charge in [0, 0.05) is 17.7 Å². The second-order valence-electron chi connectivity index (χ2n) is 3.72. The van der Waals surface area contributed by atoms with Crippen LogP contribution in [0.15, 0.2) is 12.1 Å². The number of Topliss-reactive ketones (excluding diaryl/α,β-unsaturated/α-hetero) is 1. The molecule has 4 heteroatoms. The summed E-state index contributed by atoms with van der Waals surface area (Å²) in [5.74, 6) is 1.84. The highest BCUT2D eigenvalue weighted by atomic mass is 16.5. The normalized spacial score (nSPS) is 18.7. The lowest BCUT2D eigenvalue weighted by Crippen LogP contribution is -2.24. The summed E-state index contributed by atoms with van der Waals surface area (Å²) in [7, 11) is 3.15. The van der Waals surface area contributed by atoms with Crippen LogP contribution in [-0.4, -0.2) is 26.6 Å². The highest BCUT2D eigenvalue weighted by molar-refractivity contribution is 5.90. The number of hydrogen-bond donors (Lipinski definition) is 0. The molecule has 0 spiro atoms. The van der Waals surface area contributed by atoms with Gasteiger partial charge in [0.15, 0.2) is 5.78 Å². The molecule has 0 saturated carbocycles. The summed E-state index contributed by atoms with van der Waals surface area (Å²) in [6.07, 6.45) is 0. The van der Waals surface area contributed by atoms with Crippen LogP contribution in [-0.2, 0) is 4.79 Å². The van der Waals surface area contributed by atoms with E-state index < -0.39 is 0 Å². The predicted molar refractivity (Wildman–Crippen MR) is 58.5 cm³/mol. The maximum absolute atomic E-state index is 11.6. The molecule has 1 aliphatic rings. The van der Waals surface area contributed by atoms with Crippen LogP contribution < -0.4 is 14.2 Å². The first-order valence-electron chi connectivity index (χ1n) is 5.08. The number of ether oxygens (including phenoxy) is 3. The van der Waals surface area contributed by atoms with Crippen molar-refractivity contribution in [2.75, 3.05) is 20.8 Å². The Morgan fingerprint density at radius 1 is 1.31 bits per heavy atom. The molecule has 0 saturated heterocycles. The Morgan fingerprint density at radius 2 is 2.06 bits per heavy atom. The van der Waals surface area contributed by atoms with E-state index in [1.807, 2.05) is 6.92 Å². The average molecular weight is 222 g/mol. The van der Waals surface area contributed by atoms with Crippen molar-refractivity contribution in [3.05, 3.63) is 17.7 Å². The predicted octanol–water partition coefficient (Wildman–Crippen LogP) is 1.77. The third-order valence-electron chi connectivity index (χ3n) is 2.82. The maximum atomic E-state index is 11.6. The zero-order chi connectivity index (χ0) is 11.7. The van der Waals surface area contributed by atoms with Gasteiger partial charge in [-0.25, -0.2) is 0 Å². The molecule has 4 nitrogen and oxygen atoms in total. The first-order valence-corrected chi connectivity index (χ1v) is 5.08. The van der Waals surface area contributed by atoms with Crippen molar-refractivity contribution >= 4 is 5.78 Å². The Hall–Kier alpha value is -1.71. The fraction of sp³-hybridized carbons (Fsp3) is 0.417. The topological polar surface area (TPSA) is 44.8 Å². The molecule has 1 heterocycles. The first-order chi connectivity index (χ1) is 7.67. The van der Waals surface area contributed by atoms with Crippen molar-refractivity contribution in [1.82, 2.24) is 0 Å². The number of methoxy groups -OCH3 is 2. The third kappa shape index (κ3) is 1.60. The average Bonchev–Trinajstić information content (AvgIpc) is 2.32. The first kappa shape index (κ1) is 10.8. The molecular weight excluding hydrogens is 208 g/mol. The van der Waals surface area contributed by atoms with Crippen LogP contribution in [0.2, 0.25) is 0 Å². The Balaban J connectivity index is 2.56. The van der Waals surface area contributed by atoms with Crippen LogP contribution in [0.1, 0.15) is 18.4 Å². The smallest absolute Gasteiger partial charge is 0.177 e. The minimum absolute atomic E-state index is 0.0657. The molecule has 0 aliphatic carbocycles. The fourth-order valence-corrected chi connectivity index (χ4v) is 1.84. The summed E-state index contributed by atoms with van der Waals surface area (Å²) in [6.45, 7) is 1.98. The Morgan fingerprint density at radius 3 is 2.69 bits per heavy atom. The van der Waals surface area contributed by atoms with Gasteiger partial charge in [-0.05, 0) is 0 Å². The van der Waals surface area contributed by atoms with Crippen LogP contribution >= 0.6 is 0 Å². The van der Waals surface area contributed by atoms with E-state index in [0.29, 0.717) is 17.2 Å². The zero-order valence-corrected chi connectivity index (χ0v) is 9.57. The number of carbonyl (C=O) groups is 1. The minimum Gasteiger partial charge on any atom is -0.496 e. The standard InChI is InChI=1S/C12H14O4/c1-7-9(13)6-16-11-5-8(14-2)4-10(15-3)12(7)11/h4-5,7H,6H2,1-3H3. The second kappa shape index (κ2) is 4.04. The molecule has 1 aromatic rings. The fourth-order valence-electron chi connectivity index (χ4n) is 1.84. The van der Waals surface area contributed by atoms with Crippen molar-refractivity contribution in [1.29, 1.82) is 0 Å². The van der Waals surface area contributed by atoms with Crippen LogP contribution in [0, 0.1) is 0 Å². The summed E-state index contributed by atoms with van der Waals surface area (Å²) in [6, 6.07) is 3.54. The van der Waals surface area contributed by atoms with Crippen LogP contribution in [0.5, 0.6) is 17.2 Å². The third-order valence-corrected chi connectivity index (χ3v) is 2.82. The molecule has 86 valence electrons.